The van der Waals surface area contributed by atoms with Crippen molar-refractivity contribution < 1.29 is 9.47 Å². The van der Waals surface area contributed by atoms with Crippen molar-refractivity contribution in [2.45, 2.75) is 59.5 Å². The van der Waals surface area contributed by atoms with Crippen molar-refractivity contribution in [1.82, 2.24) is 9.80 Å². The summed E-state index contributed by atoms with van der Waals surface area (Å²) < 4.78 is 12.4. The monoisotopic (exact) mass is 541 g/mol. The van der Waals surface area contributed by atoms with E-state index in [0.29, 0.717) is 0 Å². The quantitative estimate of drug-likeness (QED) is 0.317. The number of ether oxygens (including phenoxy) is 2. The number of fused-ring (bicyclic) bond motifs is 1. The number of nitrogens with zero attached hydrogens (tertiary/aromatic N) is 2. The number of piperazine rings is 1. The number of nitrogens with two attached hydrogens (primary N) is 1. The normalized spacial score (nSPS) is 22.3. The Morgan fingerprint density at radius 3 is 2.05 bits per heavy atom. The average molecular weight is 542 g/mol. The van der Waals surface area contributed by atoms with E-state index in [4.69, 9.17) is 15.2 Å². The summed E-state index contributed by atoms with van der Waals surface area (Å²) in [4.78, 5) is 5.24. The molecule has 1 fully saturated rings. The highest BCUT2D eigenvalue weighted by Crippen LogP contribution is 2.50. The fourth-order valence-electron chi connectivity index (χ4n) is 6.57. The Labute approximate surface area is 241 Å². The predicted octanol–water partition coefficient (Wildman–Crippen LogP) is 6.80. The lowest BCUT2D eigenvalue weighted by atomic mass is 9.85. The van der Waals surface area contributed by atoms with Crippen LogP contribution >= 0.6 is 0 Å². The highest BCUT2D eigenvalue weighted by Gasteiger charge is 2.43. The third-order valence-corrected chi connectivity index (χ3v) is 9.07. The third-order valence-electron chi connectivity index (χ3n) is 9.07. The summed E-state index contributed by atoms with van der Waals surface area (Å²) >= 11 is 0. The third kappa shape index (κ3) is 6.38. The zero-order valence-electron chi connectivity index (χ0n) is 24.9. The molecule has 2 aliphatic heterocycles. The largest absolute Gasteiger partial charge is 0.466 e. The summed E-state index contributed by atoms with van der Waals surface area (Å²) in [6.45, 7) is 16.1. The molecule has 1 unspecified atom stereocenters. The van der Waals surface area contributed by atoms with Crippen LogP contribution in [-0.4, -0.2) is 55.7 Å². The fraction of sp³-hybridized carbons (Fsp3) is 0.486. The maximum atomic E-state index is 6.83. The first-order valence-corrected chi connectivity index (χ1v) is 15.1. The van der Waals surface area contributed by atoms with E-state index in [1.807, 2.05) is 6.92 Å². The van der Waals surface area contributed by atoms with Crippen molar-refractivity contribution in [2.75, 3.05) is 45.9 Å². The van der Waals surface area contributed by atoms with Crippen LogP contribution in [0.25, 0.3) is 0 Å². The second-order valence-electron chi connectivity index (χ2n) is 12.1. The Bertz CT molecular complexity index is 1200. The smallest absolute Gasteiger partial charge is 0.108 e. The molecule has 0 radical (unpaired) electrons. The van der Waals surface area contributed by atoms with Gasteiger partial charge < -0.3 is 20.1 Å². The van der Waals surface area contributed by atoms with Crippen LogP contribution in [0.15, 0.2) is 94.6 Å². The maximum Gasteiger partial charge on any atom is 0.108 e. The summed E-state index contributed by atoms with van der Waals surface area (Å²) in [5.41, 5.74) is 14.1. The summed E-state index contributed by atoms with van der Waals surface area (Å²) in [6.07, 6.45) is 4.49. The van der Waals surface area contributed by atoms with Crippen molar-refractivity contribution in [3.05, 3.63) is 106 Å². The number of rotatable bonds is 11. The molecule has 1 saturated heterocycles. The highest BCUT2D eigenvalue weighted by atomic mass is 16.5. The zero-order chi connectivity index (χ0) is 28.1. The summed E-state index contributed by atoms with van der Waals surface area (Å²) in [6, 6.07) is 21.1. The van der Waals surface area contributed by atoms with E-state index in [2.05, 4.69) is 91.2 Å². The van der Waals surface area contributed by atoms with Crippen LogP contribution in [-0.2, 0) is 9.47 Å². The second kappa shape index (κ2) is 12.8. The molecule has 2 aromatic carbocycles. The topological polar surface area (TPSA) is 51.0 Å². The van der Waals surface area contributed by atoms with Gasteiger partial charge in [-0.15, -0.1) is 0 Å². The van der Waals surface area contributed by atoms with Gasteiger partial charge in [-0.1, -0.05) is 67.6 Å². The van der Waals surface area contributed by atoms with Crippen LogP contribution in [0.5, 0.6) is 0 Å². The van der Waals surface area contributed by atoms with Crippen LogP contribution in [0.3, 0.4) is 0 Å². The van der Waals surface area contributed by atoms with E-state index in [1.54, 1.807) is 0 Å². The Morgan fingerprint density at radius 1 is 0.825 bits per heavy atom. The number of benzene rings is 2. The summed E-state index contributed by atoms with van der Waals surface area (Å²) in [5, 5.41) is 0. The van der Waals surface area contributed by atoms with Gasteiger partial charge in [0.1, 0.15) is 17.6 Å². The molecule has 0 spiro atoms. The van der Waals surface area contributed by atoms with Crippen molar-refractivity contribution in [2.24, 2.45) is 11.1 Å². The molecule has 1 aliphatic carbocycles. The summed E-state index contributed by atoms with van der Waals surface area (Å²) in [7, 11) is 0. The van der Waals surface area contributed by atoms with Gasteiger partial charge in [0.2, 0.25) is 0 Å². The Balaban J connectivity index is 1.03. The van der Waals surface area contributed by atoms with Crippen molar-refractivity contribution >= 4 is 0 Å². The highest BCUT2D eigenvalue weighted by molar-refractivity contribution is 5.58. The Kier molecular flexibility index (Phi) is 9.14. The van der Waals surface area contributed by atoms with Crippen LogP contribution in [0.1, 0.15) is 70.6 Å². The van der Waals surface area contributed by atoms with Crippen molar-refractivity contribution in [3.8, 4) is 0 Å². The Morgan fingerprint density at radius 2 is 1.43 bits per heavy atom. The molecule has 5 heteroatoms. The minimum absolute atomic E-state index is 0.00234. The molecule has 40 heavy (non-hydrogen) atoms. The van der Waals surface area contributed by atoms with Crippen LogP contribution in [0.4, 0.5) is 0 Å². The standard InChI is InChI=1S/C35H47N3O2/c1-26-27(2)40-28(3)31-24-35(4,34(36)32(26)31)25-38-21-19-37(20-22-38)18-12-7-13-23-39-33(29-14-8-5-9-15-29)30-16-10-6-11-17-30/h5-6,8-11,14-17,33H,7,12-13,18-25,36H2,1-4H3. The molecule has 0 saturated carbocycles. The van der Waals surface area contributed by atoms with Gasteiger partial charge >= 0.3 is 0 Å². The number of allylic oxidation sites excluding steroid dienone is 5. The lowest BCUT2D eigenvalue weighted by Crippen LogP contribution is -2.50. The molecule has 214 valence electrons. The van der Waals surface area contributed by atoms with E-state index in [-0.39, 0.29) is 11.5 Å². The molecule has 0 aromatic heterocycles. The van der Waals surface area contributed by atoms with Gasteiger partial charge in [-0.3, -0.25) is 4.90 Å². The molecule has 3 aliphatic rings. The lowest BCUT2D eigenvalue weighted by molar-refractivity contribution is 0.0748. The molecule has 2 N–H and O–H groups in total. The first-order chi connectivity index (χ1) is 19.4. The second-order valence-corrected chi connectivity index (χ2v) is 12.1. The van der Waals surface area contributed by atoms with Gasteiger partial charge in [-0.05, 0) is 69.7 Å². The first-order valence-electron chi connectivity index (χ1n) is 15.1. The van der Waals surface area contributed by atoms with Gasteiger partial charge in [0.15, 0.2) is 0 Å². The van der Waals surface area contributed by atoms with Gasteiger partial charge in [0, 0.05) is 61.6 Å². The van der Waals surface area contributed by atoms with Crippen LogP contribution in [0.2, 0.25) is 0 Å². The van der Waals surface area contributed by atoms with Crippen LogP contribution in [0, 0.1) is 5.41 Å². The fourth-order valence-corrected chi connectivity index (χ4v) is 6.57. The first kappa shape index (κ1) is 28.7. The molecule has 1 atom stereocenters. The molecular formula is C35H47N3O2. The molecule has 5 nitrogen and oxygen atoms in total. The maximum absolute atomic E-state index is 6.83. The molecule has 2 aromatic rings. The lowest BCUT2D eigenvalue weighted by Gasteiger charge is -2.39. The number of hydrogen-bond donors (Lipinski definition) is 1. The van der Waals surface area contributed by atoms with E-state index in [0.717, 1.165) is 69.4 Å². The van der Waals surface area contributed by atoms with Gasteiger partial charge in [-0.25, -0.2) is 0 Å². The van der Waals surface area contributed by atoms with E-state index >= 15 is 0 Å². The molecule has 5 rings (SSSR count). The van der Waals surface area contributed by atoms with E-state index < -0.39 is 0 Å². The predicted molar refractivity (Wildman–Crippen MR) is 164 cm³/mol. The van der Waals surface area contributed by atoms with Crippen LogP contribution < -0.4 is 5.73 Å². The van der Waals surface area contributed by atoms with Crippen molar-refractivity contribution in [3.63, 3.8) is 0 Å². The molecular weight excluding hydrogens is 494 g/mol. The summed E-state index contributed by atoms with van der Waals surface area (Å²) in [5.74, 6) is 2.01. The van der Waals surface area contributed by atoms with E-state index in [1.165, 1.54) is 47.2 Å². The Hall–Kier alpha value is -2.86. The van der Waals surface area contributed by atoms with Crippen molar-refractivity contribution in [1.29, 1.82) is 0 Å². The van der Waals surface area contributed by atoms with Gasteiger partial charge in [-0.2, -0.15) is 0 Å². The number of unbranched alkanes of at least 4 members (excludes halogenated alkanes) is 2. The SMILES string of the molecule is CC1=C(C)C2=C(N)C(C)(CN3CCN(CCCCCOC(c4ccccc4)c4ccccc4)CC3)CC2=C(C)O1. The number of hydrogen-bond acceptors (Lipinski definition) is 5. The van der Waals surface area contributed by atoms with Gasteiger partial charge in [0.05, 0.1) is 0 Å². The molecule has 2 heterocycles. The van der Waals surface area contributed by atoms with Gasteiger partial charge in [0.25, 0.3) is 0 Å². The average Bonchev–Trinajstić information content (AvgIpc) is 3.23. The molecule has 0 amide bonds. The molecule has 0 bridgehead atoms. The minimum Gasteiger partial charge on any atom is -0.466 e. The minimum atomic E-state index is -0.0271. The van der Waals surface area contributed by atoms with E-state index in [9.17, 15) is 0 Å². The zero-order valence-corrected chi connectivity index (χ0v) is 24.9.